The summed E-state index contributed by atoms with van der Waals surface area (Å²) in [5, 5.41) is 12.2. The third-order valence-corrected chi connectivity index (χ3v) is 2.26. The summed E-state index contributed by atoms with van der Waals surface area (Å²) in [6.45, 7) is 4.15. The van der Waals surface area contributed by atoms with Crippen LogP contribution in [0.25, 0.3) is 0 Å². The van der Waals surface area contributed by atoms with Crippen LogP contribution in [-0.2, 0) is 6.61 Å². The highest BCUT2D eigenvalue weighted by molar-refractivity contribution is 5.55. The van der Waals surface area contributed by atoms with Gasteiger partial charge in [0.1, 0.15) is 0 Å². The first-order valence-corrected chi connectivity index (χ1v) is 4.08. The monoisotopic (exact) mass is 165 g/mol. The zero-order chi connectivity index (χ0) is 9.14. The normalized spacial score (nSPS) is 10.0. The van der Waals surface area contributed by atoms with E-state index in [0.29, 0.717) is 0 Å². The second-order valence-electron chi connectivity index (χ2n) is 2.94. The van der Waals surface area contributed by atoms with Crippen molar-refractivity contribution in [3.05, 3.63) is 28.8 Å². The molecule has 66 valence electrons. The number of hydrogen-bond acceptors (Lipinski definition) is 2. The molecule has 0 saturated heterocycles. The van der Waals surface area contributed by atoms with Crippen LogP contribution in [0.4, 0.5) is 5.69 Å². The zero-order valence-electron chi connectivity index (χ0n) is 7.81. The van der Waals surface area contributed by atoms with Crippen LogP contribution in [0.5, 0.6) is 0 Å². The van der Waals surface area contributed by atoms with E-state index in [1.54, 1.807) is 0 Å². The Morgan fingerprint density at radius 2 is 2.00 bits per heavy atom. The summed E-state index contributed by atoms with van der Waals surface area (Å²) in [6.07, 6.45) is 0. The number of benzene rings is 1. The van der Waals surface area contributed by atoms with E-state index in [0.717, 1.165) is 22.4 Å². The van der Waals surface area contributed by atoms with Gasteiger partial charge in [0.15, 0.2) is 0 Å². The molecule has 0 heterocycles. The topological polar surface area (TPSA) is 32.3 Å². The predicted molar refractivity (Wildman–Crippen MR) is 51.4 cm³/mol. The van der Waals surface area contributed by atoms with E-state index >= 15 is 0 Å². The first-order chi connectivity index (χ1) is 5.70. The summed E-state index contributed by atoms with van der Waals surface area (Å²) in [5.41, 5.74) is 4.40. The number of rotatable bonds is 2. The minimum Gasteiger partial charge on any atom is -0.392 e. The van der Waals surface area contributed by atoms with Gasteiger partial charge in [0.25, 0.3) is 0 Å². The molecule has 0 aromatic heterocycles. The number of anilines is 1. The van der Waals surface area contributed by atoms with Crippen molar-refractivity contribution in [3.63, 3.8) is 0 Å². The number of nitrogens with one attached hydrogen (secondary N) is 1. The van der Waals surface area contributed by atoms with Gasteiger partial charge in [-0.3, -0.25) is 0 Å². The molecule has 0 atom stereocenters. The van der Waals surface area contributed by atoms with Crippen molar-refractivity contribution in [2.45, 2.75) is 20.5 Å². The molecule has 2 N–H and O–H groups in total. The maximum absolute atomic E-state index is 9.09. The van der Waals surface area contributed by atoms with E-state index in [1.807, 2.05) is 33.0 Å². The minimum atomic E-state index is 0.118. The number of hydrogen-bond donors (Lipinski definition) is 2. The average molecular weight is 165 g/mol. The first kappa shape index (κ1) is 9.07. The number of aliphatic hydroxyl groups is 1. The Morgan fingerprint density at radius 3 is 2.50 bits per heavy atom. The van der Waals surface area contributed by atoms with E-state index in [-0.39, 0.29) is 6.61 Å². The molecule has 0 aliphatic carbocycles. The van der Waals surface area contributed by atoms with Crippen LogP contribution < -0.4 is 5.32 Å². The summed E-state index contributed by atoms with van der Waals surface area (Å²) in [7, 11) is 1.89. The lowest BCUT2D eigenvalue weighted by atomic mass is 10.0. The van der Waals surface area contributed by atoms with E-state index in [4.69, 9.17) is 5.11 Å². The molecule has 1 aromatic carbocycles. The lowest BCUT2D eigenvalue weighted by Gasteiger charge is -2.11. The van der Waals surface area contributed by atoms with Crippen LogP contribution in [-0.4, -0.2) is 12.2 Å². The van der Waals surface area contributed by atoms with Gasteiger partial charge in [-0.05, 0) is 36.6 Å². The molecule has 0 unspecified atom stereocenters. The van der Waals surface area contributed by atoms with Gasteiger partial charge in [-0.2, -0.15) is 0 Å². The second-order valence-corrected chi connectivity index (χ2v) is 2.94. The minimum absolute atomic E-state index is 0.118. The molecule has 12 heavy (non-hydrogen) atoms. The summed E-state index contributed by atoms with van der Waals surface area (Å²) in [6, 6.07) is 4.05. The highest BCUT2D eigenvalue weighted by atomic mass is 16.3. The molecule has 0 aliphatic rings. The van der Waals surface area contributed by atoms with Gasteiger partial charge in [0, 0.05) is 12.7 Å². The van der Waals surface area contributed by atoms with Gasteiger partial charge in [-0.15, -0.1) is 0 Å². The molecular weight excluding hydrogens is 150 g/mol. The predicted octanol–water partition coefficient (Wildman–Crippen LogP) is 1.84. The first-order valence-electron chi connectivity index (χ1n) is 4.08. The Hall–Kier alpha value is -1.02. The van der Waals surface area contributed by atoms with Gasteiger partial charge >= 0.3 is 0 Å². The fourth-order valence-corrected chi connectivity index (χ4v) is 1.41. The fraction of sp³-hybridized carbons (Fsp3) is 0.400. The third kappa shape index (κ3) is 1.43. The zero-order valence-corrected chi connectivity index (χ0v) is 7.81. The SMILES string of the molecule is CNc1ccc(C)c(CO)c1C. The largest absolute Gasteiger partial charge is 0.392 e. The van der Waals surface area contributed by atoms with E-state index < -0.39 is 0 Å². The quantitative estimate of drug-likeness (QED) is 0.700. The van der Waals surface area contributed by atoms with Crippen molar-refractivity contribution in [1.82, 2.24) is 0 Å². The second kappa shape index (κ2) is 3.59. The van der Waals surface area contributed by atoms with Crippen LogP contribution in [0, 0.1) is 13.8 Å². The molecule has 0 saturated carbocycles. The lowest BCUT2D eigenvalue weighted by molar-refractivity contribution is 0.280. The van der Waals surface area contributed by atoms with Crippen molar-refractivity contribution >= 4 is 5.69 Å². The Bertz CT molecular complexity index is 281. The highest BCUT2D eigenvalue weighted by Gasteiger charge is 2.04. The molecular formula is C10H15NO. The average Bonchev–Trinajstić information content (AvgIpc) is 2.06. The van der Waals surface area contributed by atoms with Crippen LogP contribution in [0.15, 0.2) is 12.1 Å². The Morgan fingerprint density at radius 1 is 1.33 bits per heavy atom. The molecule has 0 bridgehead atoms. The maximum atomic E-state index is 9.09. The van der Waals surface area contributed by atoms with Crippen molar-refractivity contribution in [2.75, 3.05) is 12.4 Å². The van der Waals surface area contributed by atoms with Crippen LogP contribution in [0.2, 0.25) is 0 Å². The summed E-state index contributed by atoms with van der Waals surface area (Å²) in [4.78, 5) is 0. The summed E-state index contributed by atoms with van der Waals surface area (Å²) >= 11 is 0. The molecule has 0 radical (unpaired) electrons. The van der Waals surface area contributed by atoms with Crippen LogP contribution in [0.1, 0.15) is 16.7 Å². The van der Waals surface area contributed by atoms with E-state index in [9.17, 15) is 0 Å². The third-order valence-electron chi connectivity index (χ3n) is 2.26. The Kier molecular flexibility index (Phi) is 2.71. The molecule has 0 aliphatic heterocycles. The molecule has 0 amide bonds. The van der Waals surface area contributed by atoms with Gasteiger partial charge in [-0.25, -0.2) is 0 Å². The van der Waals surface area contributed by atoms with Crippen LogP contribution in [0.3, 0.4) is 0 Å². The number of aryl methyl sites for hydroxylation is 1. The fourth-order valence-electron chi connectivity index (χ4n) is 1.41. The molecule has 2 heteroatoms. The van der Waals surface area contributed by atoms with Crippen molar-refractivity contribution in [3.8, 4) is 0 Å². The van der Waals surface area contributed by atoms with Crippen molar-refractivity contribution in [2.24, 2.45) is 0 Å². The number of aliphatic hydroxyl groups excluding tert-OH is 1. The van der Waals surface area contributed by atoms with Gasteiger partial charge < -0.3 is 10.4 Å². The summed E-state index contributed by atoms with van der Waals surface area (Å²) < 4.78 is 0. The van der Waals surface area contributed by atoms with Gasteiger partial charge in [-0.1, -0.05) is 6.07 Å². The van der Waals surface area contributed by atoms with Gasteiger partial charge in [0.05, 0.1) is 6.61 Å². The van der Waals surface area contributed by atoms with Crippen molar-refractivity contribution in [1.29, 1.82) is 0 Å². The highest BCUT2D eigenvalue weighted by Crippen LogP contribution is 2.21. The standard InChI is InChI=1S/C10H15NO/c1-7-4-5-10(11-3)8(2)9(7)6-12/h4-5,11-12H,6H2,1-3H3. The summed E-state index contributed by atoms with van der Waals surface area (Å²) in [5.74, 6) is 0. The Balaban J connectivity index is 3.24. The molecule has 1 rings (SSSR count). The Labute approximate surface area is 73.2 Å². The van der Waals surface area contributed by atoms with Crippen molar-refractivity contribution < 1.29 is 5.11 Å². The maximum Gasteiger partial charge on any atom is 0.0687 e. The van der Waals surface area contributed by atoms with E-state index in [1.165, 1.54) is 0 Å². The molecule has 2 nitrogen and oxygen atoms in total. The molecule has 0 spiro atoms. The molecule has 1 aromatic rings. The van der Waals surface area contributed by atoms with Gasteiger partial charge in [0.2, 0.25) is 0 Å². The lowest BCUT2D eigenvalue weighted by Crippen LogP contribution is -1.98. The van der Waals surface area contributed by atoms with Crippen LogP contribution >= 0.6 is 0 Å². The molecule has 0 fully saturated rings. The smallest absolute Gasteiger partial charge is 0.0687 e. The van der Waals surface area contributed by atoms with E-state index in [2.05, 4.69) is 5.32 Å².